The molecule has 1 aliphatic carbocycles. The minimum Gasteiger partial charge on any atom is -0.367 e. The topological polar surface area (TPSA) is 32.5 Å². The summed E-state index contributed by atoms with van der Waals surface area (Å²) < 4.78 is 14.2. The number of benzene rings is 1. The van der Waals surface area contributed by atoms with E-state index in [1.165, 1.54) is 19.4 Å². The first kappa shape index (κ1) is 13.8. The Kier molecular flexibility index (Phi) is 3.94. The van der Waals surface area contributed by atoms with Crippen molar-refractivity contribution in [3.05, 3.63) is 29.6 Å². The molecule has 3 rings (SSSR count). The highest BCUT2D eigenvalue weighted by molar-refractivity contribution is 5.50. The summed E-state index contributed by atoms with van der Waals surface area (Å²) in [6.45, 7) is 7.04. The molecule has 1 atom stereocenters. The fourth-order valence-corrected chi connectivity index (χ4v) is 2.90. The van der Waals surface area contributed by atoms with Crippen LogP contribution in [0, 0.1) is 11.7 Å². The van der Waals surface area contributed by atoms with Gasteiger partial charge in [-0.1, -0.05) is 6.07 Å². The van der Waals surface area contributed by atoms with Crippen molar-refractivity contribution in [1.82, 2.24) is 4.90 Å². The van der Waals surface area contributed by atoms with Gasteiger partial charge in [-0.05, 0) is 43.4 Å². The van der Waals surface area contributed by atoms with Crippen molar-refractivity contribution in [2.75, 3.05) is 37.6 Å². The van der Waals surface area contributed by atoms with Gasteiger partial charge in [0.2, 0.25) is 0 Å². The van der Waals surface area contributed by atoms with Crippen molar-refractivity contribution in [2.45, 2.75) is 25.8 Å². The molecule has 4 heteroatoms. The highest BCUT2D eigenvalue weighted by Gasteiger charge is 2.27. The van der Waals surface area contributed by atoms with E-state index in [1.807, 2.05) is 19.1 Å². The number of nitrogens with zero attached hydrogens (tertiary/aromatic N) is 2. The summed E-state index contributed by atoms with van der Waals surface area (Å²) in [5.74, 6) is 0.791. The van der Waals surface area contributed by atoms with Crippen LogP contribution in [-0.4, -0.2) is 37.6 Å². The Morgan fingerprint density at radius 2 is 1.95 bits per heavy atom. The molecule has 1 aliphatic heterocycles. The van der Waals surface area contributed by atoms with Crippen molar-refractivity contribution in [1.29, 1.82) is 0 Å². The second-order valence-electron chi connectivity index (χ2n) is 6.23. The number of anilines is 1. The highest BCUT2D eigenvalue weighted by atomic mass is 19.1. The van der Waals surface area contributed by atoms with Gasteiger partial charge >= 0.3 is 0 Å². The molecule has 0 spiro atoms. The average molecular weight is 277 g/mol. The second-order valence-corrected chi connectivity index (χ2v) is 6.23. The fourth-order valence-electron chi connectivity index (χ4n) is 2.90. The number of piperazine rings is 1. The summed E-state index contributed by atoms with van der Waals surface area (Å²) in [5.41, 5.74) is 7.38. The molecule has 0 aromatic heterocycles. The third kappa shape index (κ3) is 3.13. The maximum Gasteiger partial charge on any atom is 0.146 e. The Bertz CT molecular complexity index is 463. The first-order valence-corrected chi connectivity index (χ1v) is 7.66. The molecule has 0 amide bonds. The van der Waals surface area contributed by atoms with Crippen LogP contribution in [0.5, 0.6) is 0 Å². The molecule has 2 aliphatic rings. The van der Waals surface area contributed by atoms with Gasteiger partial charge in [0.15, 0.2) is 0 Å². The van der Waals surface area contributed by atoms with Gasteiger partial charge in [0, 0.05) is 38.8 Å². The van der Waals surface area contributed by atoms with Gasteiger partial charge in [-0.2, -0.15) is 0 Å². The second kappa shape index (κ2) is 5.70. The summed E-state index contributed by atoms with van der Waals surface area (Å²) in [6.07, 6.45) is 2.79. The van der Waals surface area contributed by atoms with Gasteiger partial charge in [-0.15, -0.1) is 0 Å². The molecule has 1 heterocycles. The van der Waals surface area contributed by atoms with Crippen molar-refractivity contribution < 1.29 is 4.39 Å². The average Bonchev–Trinajstić information content (AvgIpc) is 3.24. The predicted octanol–water partition coefficient (Wildman–Crippen LogP) is 2.38. The largest absolute Gasteiger partial charge is 0.367 e. The van der Waals surface area contributed by atoms with Gasteiger partial charge in [0.1, 0.15) is 5.82 Å². The van der Waals surface area contributed by atoms with Crippen LogP contribution in [-0.2, 0) is 0 Å². The van der Waals surface area contributed by atoms with Crippen LogP contribution in [0.1, 0.15) is 31.4 Å². The molecule has 2 N–H and O–H groups in total. The molecule has 3 nitrogen and oxygen atoms in total. The van der Waals surface area contributed by atoms with Crippen molar-refractivity contribution in [2.24, 2.45) is 11.7 Å². The first-order chi connectivity index (χ1) is 9.63. The van der Waals surface area contributed by atoms with E-state index in [2.05, 4.69) is 9.80 Å². The fraction of sp³-hybridized carbons (Fsp3) is 0.625. The van der Waals surface area contributed by atoms with Gasteiger partial charge < -0.3 is 10.6 Å². The van der Waals surface area contributed by atoms with Crippen LogP contribution >= 0.6 is 0 Å². The van der Waals surface area contributed by atoms with E-state index in [-0.39, 0.29) is 11.9 Å². The molecule has 1 saturated heterocycles. The summed E-state index contributed by atoms with van der Waals surface area (Å²) in [6, 6.07) is 5.29. The summed E-state index contributed by atoms with van der Waals surface area (Å²) in [7, 11) is 0. The Labute approximate surface area is 120 Å². The van der Waals surface area contributed by atoms with Crippen molar-refractivity contribution >= 4 is 5.69 Å². The molecular weight excluding hydrogens is 253 g/mol. The molecule has 0 unspecified atom stereocenters. The van der Waals surface area contributed by atoms with Crippen LogP contribution in [0.4, 0.5) is 10.1 Å². The lowest BCUT2D eigenvalue weighted by Crippen LogP contribution is -2.47. The van der Waals surface area contributed by atoms with Crippen LogP contribution in [0.3, 0.4) is 0 Å². The van der Waals surface area contributed by atoms with Crippen LogP contribution in [0.15, 0.2) is 18.2 Å². The van der Waals surface area contributed by atoms with Crippen LogP contribution in [0.2, 0.25) is 0 Å². The zero-order valence-electron chi connectivity index (χ0n) is 12.2. The van der Waals surface area contributed by atoms with E-state index in [0.717, 1.165) is 43.3 Å². The van der Waals surface area contributed by atoms with E-state index >= 15 is 0 Å². The standard InChI is InChI=1S/C16H24FN3/c1-12(18)14-4-5-16(15(17)10-14)20-8-6-19(7-9-20)11-13-2-3-13/h4-5,10,12-13H,2-3,6-9,11,18H2,1H3/t12-/m0/s1. The lowest BCUT2D eigenvalue weighted by atomic mass is 10.1. The van der Waals surface area contributed by atoms with Gasteiger partial charge in [-0.3, -0.25) is 4.90 Å². The number of rotatable bonds is 4. The van der Waals surface area contributed by atoms with Crippen molar-refractivity contribution in [3.8, 4) is 0 Å². The lowest BCUT2D eigenvalue weighted by molar-refractivity contribution is 0.247. The first-order valence-electron chi connectivity index (χ1n) is 7.66. The minimum absolute atomic E-state index is 0.117. The van der Waals surface area contributed by atoms with Crippen LogP contribution < -0.4 is 10.6 Å². The van der Waals surface area contributed by atoms with E-state index in [1.54, 1.807) is 6.07 Å². The summed E-state index contributed by atoms with van der Waals surface area (Å²) in [5, 5.41) is 0. The number of hydrogen-bond donors (Lipinski definition) is 1. The van der Waals surface area contributed by atoms with E-state index in [0.29, 0.717) is 0 Å². The zero-order valence-corrected chi connectivity index (χ0v) is 12.2. The molecule has 1 aromatic carbocycles. The summed E-state index contributed by atoms with van der Waals surface area (Å²) in [4.78, 5) is 4.67. The highest BCUT2D eigenvalue weighted by Crippen LogP contribution is 2.30. The molecule has 2 fully saturated rings. The zero-order chi connectivity index (χ0) is 14.1. The van der Waals surface area contributed by atoms with Crippen molar-refractivity contribution in [3.63, 3.8) is 0 Å². The SMILES string of the molecule is C[C@H](N)c1ccc(N2CCN(CC3CC3)CC2)c(F)c1. The number of halogens is 1. The molecule has 0 bridgehead atoms. The Morgan fingerprint density at radius 3 is 2.50 bits per heavy atom. The maximum atomic E-state index is 14.2. The summed E-state index contributed by atoms with van der Waals surface area (Å²) >= 11 is 0. The van der Waals surface area contributed by atoms with E-state index in [4.69, 9.17) is 5.73 Å². The Morgan fingerprint density at radius 1 is 1.25 bits per heavy atom. The number of nitrogens with two attached hydrogens (primary N) is 1. The van der Waals surface area contributed by atoms with Gasteiger partial charge in [0.25, 0.3) is 0 Å². The minimum atomic E-state index is -0.143. The molecule has 0 radical (unpaired) electrons. The molecule has 20 heavy (non-hydrogen) atoms. The Hall–Kier alpha value is -1.13. The third-order valence-electron chi connectivity index (χ3n) is 4.42. The predicted molar refractivity (Wildman–Crippen MR) is 80.4 cm³/mol. The monoisotopic (exact) mass is 277 g/mol. The molecule has 110 valence electrons. The number of hydrogen-bond acceptors (Lipinski definition) is 3. The molecule has 1 aromatic rings. The molecule has 1 saturated carbocycles. The lowest BCUT2D eigenvalue weighted by Gasteiger charge is -2.36. The van der Waals surface area contributed by atoms with Gasteiger partial charge in [0.05, 0.1) is 5.69 Å². The molecular formula is C16H24FN3. The smallest absolute Gasteiger partial charge is 0.146 e. The van der Waals surface area contributed by atoms with E-state index in [9.17, 15) is 4.39 Å². The van der Waals surface area contributed by atoms with Gasteiger partial charge in [-0.25, -0.2) is 4.39 Å². The van der Waals surface area contributed by atoms with E-state index < -0.39 is 0 Å². The van der Waals surface area contributed by atoms with Crippen LogP contribution in [0.25, 0.3) is 0 Å². The Balaban J connectivity index is 1.62. The quantitative estimate of drug-likeness (QED) is 0.917. The maximum absolute atomic E-state index is 14.2. The third-order valence-corrected chi connectivity index (χ3v) is 4.42. The normalized spacial score (nSPS) is 22.1.